The first-order chi connectivity index (χ1) is 12.1. The molecular weight excluding hydrogens is 338 g/mol. The standard InChI is InChI=1S/C19H25NO4S/c1-2-3-4-11-24-18-7-5-17-15-19(8-6-16(17)14-18)25(21,22)20-9-12-23-13-10-20/h5-8,14-15H,2-4,9-13H2,1H3. The van der Waals surface area contributed by atoms with E-state index in [2.05, 4.69) is 6.92 Å². The van der Waals surface area contributed by atoms with Crippen LogP contribution >= 0.6 is 0 Å². The third kappa shape index (κ3) is 4.32. The van der Waals surface area contributed by atoms with E-state index >= 15 is 0 Å². The average Bonchev–Trinajstić information content (AvgIpc) is 2.65. The summed E-state index contributed by atoms with van der Waals surface area (Å²) in [5.74, 6) is 0.826. The van der Waals surface area contributed by atoms with Crippen LogP contribution in [0.4, 0.5) is 0 Å². The van der Waals surface area contributed by atoms with Gasteiger partial charge < -0.3 is 9.47 Å². The molecule has 2 aromatic carbocycles. The van der Waals surface area contributed by atoms with Crippen molar-refractivity contribution in [3.05, 3.63) is 36.4 Å². The number of unbranched alkanes of at least 4 members (excludes halogenated alkanes) is 2. The van der Waals surface area contributed by atoms with Crippen molar-refractivity contribution in [2.24, 2.45) is 0 Å². The molecule has 0 spiro atoms. The molecule has 0 bridgehead atoms. The lowest BCUT2D eigenvalue weighted by molar-refractivity contribution is 0.0730. The minimum atomic E-state index is -3.46. The predicted octanol–water partition coefficient (Wildman–Crippen LogP) is 3.43. The third-order valence-electron chi connectivity index (χ3n) is 4.41. The lowest BCUT2D eigenvalue weighted by Gasteiger charge is -2.26. The van der Waals surface area contributed by atoms with Gasteiger partial charge in [-0.3, -0.25) is 0 Å². The van der Waals surface area contributed by atoms with Crippen LogP contribution in [-0.4, -0.2) is 45.6 Å². The highest BCUT2D eigenvalue weighted by Gasteiger charge is 2.26. The molecule has 1 aliphatic rings. The molecule has 136 valence electrons. The van der Waals surface area contributed by atoms with Gasteiger partial charge in [0.25, 0.3) is 0 Å². The zero-order valence-electron chi connectivity index (χ0n) is 14.6. The number of sulfonamides is 1. The van der Waals surface area contributed by atoms with E-state index < -0.39 is 10.0 Å². The highest BCUT2D eigenvalue weighted by atomic mass is 32.2. The zero-order valence-corrected chi connectivity index (χ0v) is 15.4. The Morgan fingerprint density at radius 1 is 1.04 bits per heavy atom. The van der Waals surface area contributed by atoms with Crippen LogP contribution in [0.25, 0.3) is 10.8 Å². The Bertz CT molecular complexity index is 813. The minimum Gasteiger partial charge on any atom is -0.494 e. The van der Waals surface area contributed by atoms with Crippen LogP contribution in [0.15, 0.2) is 41.3 Å². The fourth-order valence-corrected chi connectivity index (χ4v) is 4.37. The van der Waals surface area contributed by atoms with Gasteiger partial charge in [-0.2, -0.15) is 4.31 Å². The summed E-state index contributed by atoms with van der Waals surface area (Å²) >= 11 is 0. The predicted molar refractivity (Wildman–Crippen MR) is 98.5 cm³/mol. The van der Waals surface area contributed by atoms with Crippen LogP contribution in [0.2, 0.25) is 0 Å². The van der Waals surface area contributed by atoms with Gasteiger partial charge in [0.1, 0.15) is 5.75 Å². The monoisotopic (exact) mass is 363 g/mol. The molecule has 3 rings (SSSR count). The van der Waals surface area contributed by atoms with E-state index in [9.17, 15) is 8.42 Å². The second kappa shape index (κ2) is 8.17. The molecule has 0 atom stereocenters. The maximum Gasteiger partial charge on any atom is 0.243 e. The topological polar surface area (TPSA) is 55.8 Å². The molecule has 0 amide bonds. The molecule has 0 aromatic heterocycles. The van der Waals surface area contributed by atoms with E-state index in [4.69, 9.17) is 9.47 Å². The van der Waals surface area contributed by atoms with Crippen molar-refractivity contribution < 1.29 is 17.9 Å². The molecule has 1 fully saturated rings. The summed E-state index contributed by atoms with van der Waals surface area (Å²) in [4.78, 5) is 0.332. The lowest BCUT2D eigenvalue weighted by atomic mass is 10.1. The van der Waals surface area contributed by atoms with Gasteiger partial charge in [0.05, 0.1) is 24.7 Å². The van der Waals surface area contributed by atoms with Gasteiger partial charge in [-0.15, -0.1) is 0 Å². The van der Waals surface area contributed by atoms with Gasteiger partial charge in [0.2, 0.25) is 10.0 Å². The summed E-state index contributed by atoms with van der Waals surface area (Å²) in [5, 5.41) is 1.88. The highest BCUT2D eigenvalue weighted by Crippen LogP contribution is 2.26. The molecule has 1 heterocycles. The van der Waals surface area contributed by atoms with Gasteiger partial charge in [0.15, 0.2) is 0 Å². The number of benzene rings is 2. The van der Waals surface area contributed by atoms with Crippen molar-refractivity contribution in [3.8, 4) is 5.75 Å². The van der Waals surface area contributed by atoms with Crippen LogP contribution < -0.4 is 4.74 Å². The summed E-state index contributed by atoms with van der Waals surface area (Å²) in [6.07, 6.45) is 3.38. The number of hydrogen-bond donors (Lipinski definition) is 0. The minimum absolute atomic E-state index is 0.332. The molecule has 25 heavy (non-hydrogen) atoms. The molecule has 1 saturated heterocycles. The van der Waals surface area contributed by atoms with Crippen molar-refractivity contribution in [3.63, 3.8) is 0 Å². The van der Waals surface area contributed by atoms with E-state index in [1.54, 1.807) is 12.1 Å². The van der Waals surface area contributed by atoms with Crippen LogP contribution in [0.1, 0.15) is 26.2 Å². The van der Waals surface area contributed by atoms with Crippen LogP contribution in [-0.2, 0) is 14.8 Å². The number of fused-ring (bicyclic) bond motifs is 1. The van der Waals surface area contributed by atoms with Gasteiger partial charge in [-0.25, -0.2) is 8.42 Å². The van der Waals surface area contributed by atoms with Crippen molar-refractivity contribution in [1.82, 2.24) is 4.31 Å². The van der Waals surface area contributed by atoms with E-state index in [0.717, 1.165) is 29.4 Å². The Labute approximate surface area is 149 Å². The van der Waals surface area contributed by atoms with E-state index in [1.165, 1.54) is 10.7 Å². The Morgan fingerprint density at radius 3 is 2.52 bits per heavy atom. The number of morpholine rings is 1. The SMILES string of the molecule is CCCCCOc1ccc2cc(S(=O)(=O)N3CCOCC3)ccc2c1. The molecular formula is C19H25NO4S. The van der Waals surface area contributed by atoms with Crippen molar-refractivity contribution in [2.75, 3.05) is 32.9 Å². The molecule has 0 aliphatic carbocycles. The Kier molecular flexibility index (Phi) is 5.93. The Morgan fingerprint density at radius 2 is 1.76 bits per heavy atom. The second-order valence-corrected chi connectivity index (χ2v) is 8.18. The van der Waals surface area contributed by atoms with Gasteiger partial charge in [0, 0.05) is 13.1 Å². The molecule has 1 aliphatic heterocycles. The smallest absolute Gasteiger partial charge is 0.243 e. The Balaban J connectivity index is 1.78. The molecule has 5 nitrogen and oxygen atoms in total. The second-order valence-electron chi connectivity index (χ2n) is 6.24. The molecule has 0 radical (unpaired) electrons. The molecule has 0 unspecified atom stereocenters. The molecule has 0 N–H and O–H groups in total. The summed E-state index contributed by atoms with van der Waals surface area (Å²) < 4.78 is 38.0. The quantitative estimate of drug-likeness (QED) is 0.707. The van der Waals surface area contributed by atoms with E-state index in [0.29, 0.717) is 37.8 Å². The van der Waals surface area contributed by atoms with E-state index in [1.807, 2.05) is 24.3 Å². The first kappa shape index (κ1) is 18.2. The molecule has 0 saturated carbocycles. The van der Waals surface area contributed by atoms with Crippen LogP contribution in [0, 0.1) is 0 Å². The summed E-state index contributed by atoms with van der Waals surface area (Å²) in [6.45, 7) is 4.59. The van der Waals surface area contributed by atoms with Gasteiger partial charge >= 0.3 is 0 Å². The number of nitrogens with zero attached hydrogens (tertiary/aromatic N) is 1. The van der Waals surface area contributed by atoms with E-state index in [-0.39, 0.29) is 0 Å². The number of ether oxygens (including phenoxy) is 2. The average molecular weight is 363 g/mol. The van der Waals surface area contributed by atoms with Gasteiger partial charge in [-0.05, 0) is 41.5 Å². The summed E-state index contributed by atoms with van der Waals surface area (Å²) in [5.41, 5.74) is 0. The largest absolute Gasteiger partial charge is 0.494 e. The lowest BCUT2D eigenvalue weighted by Crippen LogP contribution is -2.40. The number of hydrogen-bond acceptors (Lipinski definition) is 4. The van der Waals surface area contributed by atoms with Crippen LogP contribution in [0.5, 0.6) is 5.75 Å². The molecule has 6 heteroatoms. The van der Waals surface area contributed by atoms with Crippen molar-refractivity contribution in [1.29, 1.82) is 0 Å². The summed E-state index contributed by atoms with van der Waals surface area (Å²) in [6, 6.07) is 11.0. The first-order valence-corrected chi connectivity index (χ1v) is 10.3. The first-order valence-electron chi connectivity index (χ1n) is 8.86. The summed E-state index contributed by atoms with van der Waals surface area (Å²) in [7, 11) is -3.46. The fourth-order valence-electron chi connectivity index (χ4n) is 2.93. The fraction of sp³-hybridized carbons (Fsp3) is 0.474. The van der Waals surface area contributed by atoms with Crippen molar-refractivity contribution in [2.45, 2.75) is 31.1 Å². The normalized spacial score (nSPS) is 16.2. The zero-order chi connectivity index (χ0) is 17.7. The molecule has 2 aromatic rings. The number of rotatable bonds is 7. The maximum absolute atomic E-state index is 12.7. The van der Waals surface area contributed by atoms with Gasteiger partial charge in [-0.1, -0.05) is 31.9 Å². The van der Waals surface area contributed by atoms with Crippen LogP contribution in [0.3, 0.4) is 0 Å². The van der Waals surface area contributed by atoms with Crippen molar-refractivity contribution >= 4 is 20.8 Å². The highest BCUT2D eigenvalue weighted by molar-refractivity contribution is 7.89. The third-order valence-corrected chi connectivity index (χ3v) is 6.30. The maximum atomic E-state index is 12.7. The Hall–Kier alpha value is -1.63.